The fraction of sp³-hybridized carbons (Fsp3) is 0.353. The molecule has 7 nitrogen and oxygen atoms in total. The van der Waals surface area contributed by atoms with Crippen LogP contribution in [0.15, 0.2) is 36.4 Å². The number of carbonyl (C=O) groups is 3. The van der Waals surface area contributed by atoms with Gasteiger partial charge in [0.25, 0.3) is 5.91 Å². The number of carboxylic acid groups (broad SMARTS) is 1. The van der Waals surface area contributed by atoms with E-state index >= 15 is 0 Å². The molecule has 0 spiro atoms. The van der Waals surface area contributed by atoms with Crippen LogP contribution in [0, 0.1) is 23.7 Å². The van der Waals surface area contributed by atoms with Crippen LogP contribution in [0.3, 0.4) is 0 Å². The van der Waals surface area contributed by atoms with Gasteiger partial charge in [-0.2, -0.15) is 0 Å². The number of allylic oxidation sites excluding steroid dienone is 2. The SMILES string of the molecule is COc1ccc(C(=O)NNC(=O)[C@H]2[C@@H](C(=O)O)[C@H]3C=C[C@@H]2C3)cc1. The van der Waals surface area contributed by atoms with Crippen LogP contribution in [-0.2, 0) is 9.59 Å². The lowest BCUT2D eigenvalue weighted by atomic mass is 9.82. The van der Waals surface area contributed by atoms with Crippen LogP contribution < -0.4 is 15.6 Å². The van der Waals surface area contributed by atoms with Crippen molar-refractivity contribution in [2.24, 2.45) is 23.7 Å². The lowest BCUT2D eigenvalue weighted by Gasteiger charge is -2.23. The van der Waals surface area contributed by atoms with Gasteiger partial charge in [0, 0.05) is 5.56 Å². The summed E-state index contributed by atoms with van der Waals surface area (Å²) in [5, 5.41) is 9.35. The van der Waals surface area contributed by atoms with Crippen LogP contribution in [0.4, 0.5) is 0 Å². The lowest BCUT2D eigenvalue weighted by molar-refractivity contribution is -0.148. The van der Waals surface area contributed by atoms with Crippen LogP contribution in [0.25, 0.3) is 0 Å². The summed E-state index contributed by atoms with van der Waals surface area (Å²) in [7, 11) is 1.53. The number of ether oxygens (including phenoxy) is 1. The van der Waals surface area contributed by atoms with Gasteiger partial charge in [0.05, 0.1) is 18.9 Å². The molecule has 2 bridgehead atoms. The largest absolute Gasteiger partial charge is 0.497 e. The van der Waals surface area contributed by atoms with Gasteiger partial charge in [0.15, 0.2) is 0 Å². The van der Waals surface area contributed by atoms with Crippen molar-refractivity contribution < 1.29 is 24.2 Å². The number of fused-ring (bicyclic) bond motifs is 2. The predicted molar refractivity (Wildman–Crippen MR) is 84.0 cm³/mol. The van der Waals surface area contributed by atoms with Gasteiger partial charge in [-0.3, -0.25) is 25.2 Å². The molecular formula is C17H18N2O5. The molecule has 0 aromatic heterocycles. The summed E-state index contributed by atoms with van der Waals surface area (Å²) in [5.74, 6) is -2.90. The summed E-state index contributed by atoms with van der Waals surface area (Å²) in [6.45, 7) is 0. The first-order valence-electron chi connectivity index (χ1n) is 7.66. The minimum atomic E-state index is -0.978. The topological polar surface area (TPSA) is 105 Å². The summed E-state index contributed by atoms with van der Waals surface area (Å²) >= 11 is 0. The van der Waals surface area contributed by atoms with Gasteiger partial charge in [-0.05, 0) is 42.5 Å². The van der Waals surface area contributed by atoms with Crippen molar-refractivity contribution in [3.8, 4) is 5.75 Å². The average Bonchev–Trinajstić information content (AvgIpc) is 3.20. The van der Waals surface area contributed by atoms with Crippen LogP contribution in [0.1, 0.15) is 16.8 Å². The summed E-state index contributed by atoms with van der Waals surface area (Å²) in [5.41, 5.74) is 5.05. The molecule has 2 aliphatic rings. The van der Waals surface area contributed by atoms with Gasteiger partial charge in [-0.1, -0.05) is 12.2 Å². The first-order chi connectivity index (χ1) is 11.5. The Morgan fingerprint density at radius 2 is 1.67 bits per heavy atom. The van der Waals surface area contributed by atoms with Gasteiger partial charge >= 0.3 is 5.97 Å². The first-order valence-corrected chi connectivity index (χ1v) is 7.66. The molecule has 0 unspecified atom stereocenters. The number of aliphatic carboxylic acids is 1. The number of rotatable bonds is 4. The van der Waals surface area contributed by atoms with Gasteiger partial charge < -0.3 is 9.84 Å². The van der Waals surface area contributed by atoms with Crippen molar-refractivity contribution in [2.45, 2.75) is 6.42 Å². The smallest absolute Gasteiger partial charge is 0.307 e. The average molecular weight is 330 g/mol. The second kappa shape index (κ2) is 6.35. The second-order valence-corrected chi connectivity index (χ2v) is 6.01. The Bertz CT molecular complexity index is 697. The Balaban J connectivity index is 1.61. The highest BCUT2D eigenvalue weighted by Crippen LogP contribution is 2.48. The Morgan fingerprint density at radius 3 is 2.25 bits per heavy atom. The van der Waals surface area contributed by atoms with E-state index in [1.165, 1.54) is 7.11 Å². The van der Waals surface area contributed by atoms with Crippen LogP contribution in [0.2, 0.25) is 0 Å². The molecule has 24 heavy (non-hydrogen) atoms. The minimum Gasteiger partial charge on any atom is -0.497 e. The zero-order chi connectivity index (χ0) is 17.3. The number of hydrogen-bond donors (Lipinski definition) is 3. The normalized spacial score (nSPS) is 26.9. The molecule has 3 N–H and O–H groups in total. The maximum absolute atomic E-state index is 12.3. The van der Waals surface area contributed by atoms with Crippen LogP contribution in [-0.4, -0.2) is 30.0 Å². The molecule has 3 rings (SSSR count). The Kier molecular flexibility index (Phi) is 4.24. The van der Waals surface area contributed by atoms with Gasteiger partial charge in [-0.25, -0.2) is 0 Å². The Hall–Kier alpha value is -2.83. The van der Waals surface area contributed by atoms with Crippen molar-refractivity contribution in [1.29, 1.82) is 0 Å². The van der Waals surface area contributed by atoms with Crippen molar-refractivity contribution in [3.05, 3.63) is 42.0 Å². The third kappa shape index (κ3) is 2.84. The van der Waals surface area contributed by atoms with E-state index in [2.05, 4.69) is 10.9 Å². The van der Waals surface area contributed by atoms with Crippen LogP contribution in [0.5, 0.6) is 5.75 Å². The van der Waals surface area contributed by atoms with Crippen molar-refractivity contribution in [1.82, 2.24) is 10.9 Å². The molecule has 0 heterocycles. The molecule has 126 valence electrons. The zero-order valence-electron chi connectivity index (χ0n) is 13.1. The molecule has 4 atom stereocenters. The number of carbonyl (C=O) groups excluding carboxylic acids is 2. The quantitative estimate of drug-likeness (QED) is 0.564. The third-order valence-electron chi connectivity index (χ3n) is 4.70. The molecule has 0 radical (unpaired) electrons. The fourth-order valence-corrected chi connectivity index (χ4v) is 3.53. The molecule has 1 saturated carbocycles. The summed E-state index contributed by atoms with van der Waals surface area (Å²) in [6.07, 6.45) is 4.42. The molecule has 1 aromatic rings. The molecule has 2 aliphatic carbocycles. The number of hydrazine groups is 1. The summed E-state index contributed by atoms with van der Waals surface area (Å²) in [4.78, 5) is 35.8. The number of benzene rings is 1. The highest BCUT2D eigenvalue weighted by Gasteiger charge is 2.51. The maximum atomic E-state index is 12.3. The molecule has 0 saturated heterocycles. The minimum absolute atomic E-state index is 0.0889. The van der Waals surface area contributed by atoms with Crippen molar-refractivity contribution in [2.75, 3.05) is 7.11 Å². The van der Waals surface area contributed by atoms with E-state index in [1.807, 2.05) is 12.2 Å². The van der Waals surface area contributed by atoms with E-state index < -0.39 is 29.6 Å². The number of methoxy groups -OCH3 is 1. The van der Waals surface area contributed by atoms with Crippen LogP contribution >= 0.6 is 0 Å². The van der Waals surface area contributed by atoms with E-state index in [0.717, 1.165) is 0 Å². The molecule has 0 aliphatic heterocycles. The van der Waals surface area contributed by atoms with E-state index in [-0.39, 0.29) is 11.8 Å². The number of hydrogen-bond acceptors (Lipinski definition) is 4. The lowest BCUT2D eigenvalue weighted by Crippen LogP contribution is -2.48. The second-order valence-electron chi connectivity index (χ2n) is 6.01. The molecule has 1 fully saturated rings. The van der Waals surface area contributed by atoms with Crippen molar-refractivity contribution >= 4 is 17.8 Å². The molecule has 2 amide bonds. The predicted octanol–water partition coefficient (Wildman–Crippen LogP) is 0.979. The number of carboxylic acids is 1. The maximum Gasteiger partial charge on any atom is 0.307 e. The van der Waals surface area contributed by atoms with Gasteiger partial charge in [0.2, 0.25) is 5.91 Å². The van der Waals surface area contributed by atoms with E-state index in [9.17, 15) is 19.5 Å². The Morgan fingerprint density at radius 1 is 1.04 bits per heavy atom. The summed E-state index contributed by atoms with van der Waals surface area (Å²) in [6, 6.07) is 6.41. The molecule has 7 heteroatoms. The first kappa shape index (κ1) is 16.0. The van der Waals surface area contributed by atoms with E-state index in [1.54, 1.807) is 24.3 Å². The fourth-order valence-electron chi connectivity index (χ4n) is 3.53. The van der Waals surface area contributed by atoms with Crippen molar-refractivity contribution in [3.63, 3.8) is 0 Å². The Labute approximate surface area is 138 Å². The number of amides is 2. The molecule has 1 aromatic carbocycles. The molecular weight excluding hydrogens is 312 g/mol. The van der Waals surface area contributed by atoms with E-state index in [0.29, 0.717) is 17.7 Å². The number of nitrogens with one attached hydrogen (secondary N) is 2. The standard InChI is InChI=1S/C17H18N2O5/c1-24-12-6-4-9(5-7-12)15(20)18-19-16(21)13-10-2-3-11(8-10)14(13)17(22)23/h2-7,10-11,13-14H,8H2,1H3,(H,18,20)(H,19,21)(H,22,23)/t10-,11+,13-,14+/m1/s1. The van der Waals surface area contributed by atoms with E-state index in [4.69, 9.17) is 4.74 Å². The summed E-state index contributed by atoms with van der Waals surface area (Å²) < 4.78 is 5.01. The third-order valence-corrected chi connectivity index (χ3v) is 4.70. The monoisotopic (exact) mass is 330 g/mol. The highest BCUT2D eigenvalue weighted by molar-refractivity contribution is 5.96. The zero-order valence-corrected chi connectivity index (χ0v) is 13.1. The highest BCUT2D eigenvalue weighted by atomic mass is 16.5. The van der Waals surface area contributed by atoms with Gasteiger partial charge in [0.1, 0.15) is 5.75 Å². The van der Waals surface area contributed by atoms with Gasteiger partial charge in [-0.15, -0.1) is 0 Å².